The molecule has 0 spiro atoms. The number of nitrogens with zero attached hydrogens (tertiary/aromatic N) is 1. The van der Waals surface area contributed by atoms with Crippen molar-refractivity contribution in [3.05, 3.63) is 0 Å². The molecule has 0 aromatic carbocycles. The Hall–Kier alpha value is -0.0800. The fourth-order valence-corrected chi connectivity index (χ4v) is 1.33. The first-order valence-electron chi connectivity index (χ1n) is 5.02. The highest BCUT2D eigenvalue weighted by Crippen LogP contribution is 2.09. The molecule has 0 radical (unpaired) electrons. The third-order valence-corrected chi connectivity index (χ3v) is 3.02. The van der Waals surface area contributed by atoms with Gasteiger partial charge in [-0.25, -0.2) is 0 Å². The van der Waals surface area contributed by atoms with E-state index in [-0.39, 0.29) is 0 Å². The van der Waals surface area contributed by atoms with Gasteiger partial charge in [-0.05, 0) is 33.7 Å². The van der Waals surface area contributed by atoms with Crippen LogP contribution >= 0.6 is 0 Å². The van der Waals surface area contributed by atoms with Crippen LogP contribution in [0.15, 0.2) is 0 Å². The second-order valence-corrected chi connectivity index (χ2v) is 3.74. The first-order chi connectivity index (χ1) is 5.54. The molecule has 3 atom stereocenters. The lowest BCUT2D eigenvalue weighted by Crippen LogP contribution is -2.47. The zero-order valence-corrected chi connectivity index (χ0v) is 9.17. The number of likely N-dealkylation sites (N-methyl/N-ethyl adjacent to an activating group) is 1. The minimum absolute atomic E-state index is 0.309. The average molecular weight is 172 g/mol. The van der Waals surface area contributed by atoms with Crippen LogP contribution in [0, 0.1) is 0 Å². The van der Waals surface area contributed by atoms with Crippen LogP contribution in [0.5, 0.6) is 0 Å². The molecular weight excluding hydrogens is 148 g/mol. The van der Waals surface area contributed by atoms with Crippen LogP contribution in [0.1, 0.15) is 40.5 Å². The standard InChI is InChI=1S/C10H24N2/c1-6-8(3)12(5)9(4)10(11)7-2/h8-10H,6-7,11H2,1-5H3. The van der Waals surface area contributed by atoms with Gasteiger partial charge in [0.15, 0.2) is 0 Å². The molecule has 74 valence electrons. The van der Waals surface area contributed by atoms with Crippen molar-refractivity contribution in [2.45, 2.75) is 58.7 Å². The van der Waals surface area contributed by atoms with Crippen molar-refractivity contribution in [3.63, 3.8) is 0 Å². The first kappa shape index (κ1) is 11.9. The lowest BCUT2D eigenvalue weighted by molar-refractivity contribution is 0.167. The summed E-state index contributed by atoms with van der Waals surface area (Å²) in [6, 6.07) is 1.44. The van der Waals surface area contributed by atoms with Crippen molar-refractivity contribution < 1.29 is 0 Å². The molecule has 0 saturated heterocycles. The normalized spacial score (nSPS) is 19.2. The van der Waals surface area contributed by atoms with Crippen LogP contribution in [-0.4, -0.2) is 30.1 Å². The second kappa shape index (κ2) is 5.55. The van der Waals surface area contributed by atoms with Gasteiger partial charge >= 0.3 is 0 Å². The highest BCUT2D eigenvalue weighted by atomic mass is 15.2. The molecule has 0 fully saturated rings. The molecule has 12 heavy (non-hydrogen) atoms. The maximum absolute atomic E-state index is 5.97. The van der Waals surface area contributed by atoms with E-state index in [0.29, 0.717) is 18.1 Å². The van der Waals surface area contributed by atoms with Gasteiger partial charge in [-0.2, -0.15) is 0 Å². The molecule has 0 aromatic rings. The first-order valence-corrected chi connectivity index (χ1v) is 5.02. The fourth-order valence-electron chi connectivity index (χ4n) is 1.33. The van der Waals surface area contributed by atoms with Gasteiger partial charge in [0.05, 0.1) is 0 Å². The van der Waals surface area contributed by atoms with Crippen molar-refractivity contribution in [3.8, 4) is 0 Å². The molecule has 0 aliphatic heterocycles. The topological polar surface area (TPSA) is 29.3 Å². The predicted octanol–water partition coefficient (Wildman–Crippen LogP) is 1.84. The Kier molecular flexibility index (Phi) is 5.51. The fraction of sp³-hybridized carbons (Fsp3) is 1.00. The Morgan fingerprint density at radius 2 is 1.67 bits per heavy atom. The van der Waals surface area contributed by atoms with Crippen molar-refractivity contribution in [2.75, 3.05) is 7.05 Å². The minimum Gasteiger partial charge on any atom is -0.326 e. The Morgan fingerprint density at radius 3 is 2.00 bits per heavy atom. The molecule has 2 N–H and O–H groups in total. The van der Waals surface area contributed by atoms with Crippen molar-refractivity contribution in [1.82, 2.24) is 4.90 Å². The molecule has 2 heteroatoms. The maximum atomic E-state index is 5.97. The Balaban J connectivity index is 3.99. The Bertz CT molecular complexity index is 100. The summed E-state index contributed by atoms with van der Waals surface area (Å²) >= 11 is 0. The van der Waals surface area contributed by atoms with E-state index in [0.717, 1.165) is 6.42 Å². The van der Waals surface area contributed by atoms with E-state index in [9.17, 15) is 0 Å². The summed E-state index contributed by atoms with van der Waals surface area (Å²) in [6.07, 6.45) is 2.25. The van der Waals surface area contributed by atoms with Crippen LogP contribution in [0.3, 0.4) is 0 Å². The molecule has 0 amide bonds. The largest absolute Gasteiger partial charge is 0.326 e. The van der Waals surface area contributed by atoms with Crippen LogP contribution in [-0.2, 0) is 0 Å². The summed E-state index contributed by atoms with van der Waals surface area (Å²) in [5.74, 6) is 0. The summed E-state index contributed by atoms with van der Waals surface area (Å²) in [6.45, 7) is 8.82. The average Bonchev–Trinajstić information content (AvgIpc) is 2.12. The zero-order valence-electron chi connectivity index (χ0n) is 9.17. The SMILES string of the molecule is CCC(N)C(C)N(C)C(C)CC. The monoisotopic (exact) mass is 172 g/mol. The Labute approximate surface area is 77.1 Å². The van der Waals surface area contributed by atoms with Crippen molar-refractivity contribution in [2.24, 2.45) is 5.73 Å². The van der Waals surface area contributed by atoms with Gasteiger partial charge in [0.1, 0.15) is 0 Å². The second-order valence-electron chi connectivity index (χ2n) is 3.74. The predicted molar refractivity (Wildman–Crippen MR) is 55.2 cm³/mol. The van der Waals surface area contributed by atoms with Gasteiger partial charge in [-0.3, -0.25) is 4.90 Å². The maximum Gasteiger partial charge on any atom is 0.0218 e. The lowest BCUT2D eigenvalue weighted by atomic mass is 10.1. The van der Waals surface area contributed by atoms with Gasteiger partial charge < -0.3 is 5.73 Å². The van der Waals surface area contributed by atoms with E-state index < -0.39 is 0 Å². The van der Waals surface area contributed by atoms with E-state index in [1.165, 1.54) is 6.42 Å². The third-order valence-electron chi connectivity index (χ3n) is 3.02. The van der Waals surface area contributed by atoms with Gasteiger partial charge in [0, 0.05) is 18.1 Å². The smallest absolute Gasteiger partial charge is 0.0218 e. The zero-order chi connectivity index (χ0) is 9.72. The quantitative estimate of drug-likeness (QED) is 0.685. The van der Waals surface area contributed by atoms with E-state index in [1.807, 2.05) is 0 Å². The van der Waals surface area contributed by atoms with Gasteiger partial charge in [0.25, 0.3) is 0 Å². The molecule has 0 heterocycles. The molecule has 0 bridgehead atoms. The van der Waals surface area contributed by atoms with Crippen LogP contribution < -0.4 is 5.73 Å². The minimum atomic E-state index is 0.309. The summed E-state index contributed by atoms with van der Waals surface area (Å²) in [5, 5.41) is 0. The number of hydrogen-bond donors (Lipinski definition) is 1. The molecule has 2 nitrogen and oxygen atoms in total. The van der Waals surface area contributed by atoms with E-state index in [4.69, 9.17) is 5.73 Å². The van der Waals surface area contributed by atoms with Crippen molar-refractivity contribution in [1.29, 1.82) is 0 Å². The van der Waals surface area contributed by atoms with Gasteiger partial charge in [-0.1, -0.05) is 13.8 Å². The summed E-state index contributed by atoms with van der Waals surface area (Å²) in [4.78, 5) is 2.37. The highest BCUT2D eigenvalue weighted by molar-refractivity contribution is 4.77. The van der Waals surface area contributed by atoms with Crippen LogP contribution in [0.25, 0.3) is 0 Å². The molecule has 0 rings (SSSR count). The molecule has 3 unspecified atom stereocenters. The summed E-state index contributed by atoms with van der Waals surface area (Å²) < 4.78 is 0. The van der Waals surface area contributed by atoms with Gasteiger partial charge in [-0.15, -0.1) is 0 Å². The van der Waals surface area contributed by atoms with Gasteiger partial charge in [0.2, 0.25) is 0 Å². The summed E-state index contributed by atoms with van der Waals surface area (Å²) in [7, 11) is 2.16. The van der Waals surface area contributed by atoms with Crippen molar-refractivity contribution >= 4 is 0 Å². The number of rotatable bonds is 5. The molecular formula is C10H24N2. The number of hydrogen-bond acceptors (Lipinski definition) is 2. The van der Waals surface area contributed by atoms with Crippen LogP contribution in [0.4, 0.5) is 0 Å². The molecule has 0 saturated carbocycles. The number of nitrogens with two attached hydrogens (primary N) is 1. The van der Waals surface area contributed by atoms with E-state index in [1.54, 1.807) is 0 Å². The molecule has 0 aliphatic carbocycles. The third kappa shape index (κ3) is 3.11. The molecule has 0 aromatic heterocycles. The Morgan fingerprint density at radius 1 is 1.17 bits per heavy atom. The van der Waals surface area contributed by atoms with E-state index in [2.05, 4.69) is 39.6 Å². The molecule has 0 aliphatic rings. The van der Waals surface area contributed by atoms with Crippen LogP contribution in [0.2, 0.25) is 0 Å². The van der Waals surface area contributed by atoms with E-state index >= 15 is 0 Å². The lowest BCUT2D eigenvalue weighted by Gasteiger charge is -2.33. The highest BCUT2D eigenvalue weighted by Gasteiger charge is 2.18. The summed E-state index contributed by atoms with van der Waals surface area (Å²) in [5.41, 5.74) is 5.97.